The molecule has 0 aromatic carbocycles. The number of carbonyl (C=O) groups is 1. The summed E-state index contributed by atoms with van der Waals surface area (Å²) in [5.74, 6) is 0.508. The Morgan fingerprint density at radius 3 is 2.83 bits per heavy atom. The molecule has 1 fully saturated rings. The molecule has 0 bridgehead atoms. The molecule has 0 aromatic heterocycles. The highest BCUT2D eigenvalue weighted by atomic mass is 16.5. The van der Waals surface area contributed by atoms with Gasteiger partial charge in [-0.3, -0.25) is 4.79 Å². The summed E-state index contributed by atoms with van der Waals surface area (Å²) in [5.41, 5.74) is 0. The third-order valence-electron chi connectivity index (χ3n) is 3.48. The van der Waals surface area contributed by atoms with E-state index in [1.165, 1.54) is 19.3 Å². The largest absolute Gasteiger partial charge is 0.389 e. The van der Waals surface area contributed by atoms with Crippen LogP contribution in [0.4, 0.5) is 0 Å². The first-order valence-corrected chi connectivity index (χ1v) is 6.84. The number of ether oxygens (including phenoxy) is 1. The lowest BCUT2D eigenvalue weighted by atomic mass is 9.88. The average molecular weight is 258 g/mol. The lowest BCUT2D eigenvalue weighted by Crippen LogP contribution is -2.38. The van der Waals surface area contributed by atoms with Gasteiger partial charge in [0.15, 0.2) is 0 Å². The standard InChI is InChI=1S/C13H26N2O3/c1-10-5-3-4-6-12(10)18-9-11(16)7-15-8-13(17)14-2/h10-12,15-16H,3-9H2,1-2H3,(H,14,17). The number of likely N-dealkylation sites (N-methyl/N-ethyl adjacent to an activating group) is 1. The molecule has 0 heterocycles. The molecule has 3 unspecified atom stereocenters. The highest BCUT2D eigenvalue weighted by Gasteiger charge is 2.22. The predicted octanol–water partition coefficient (Wildman–Crippen LogP) is 0.278. The summed E-state index contributed by atoms with van der Waals surface area (Å²) in [6.45, 7) is 3.16. The van der Waals surface area contributed by atoms with Gasteiger partial charge in [-0.1, -0.05) is 19.8 Å². The number of carbonyl (C=O) groups excluding carboxylic acids is 1. The second-order valence-electron chi connectivity index (χ2n) is 5.09. The summed E-state index contributed by atoms with van der Waals surface area (Å²) in [5, 5.41) is 15.1. The van der Waals surface area contributed by atoms with Crippen molar-refractivity contribution in [2.24, 2.45) is 5.92 Å². The number of aliphatic hydroxyl groups is 1. The van der Waals surface area contributed by atoms with Crippen molar-refractivity contribution in [2.45, 2.75) is 44.8 Å². The first-order valence-electron chi connectivity index (χ1n) is 6.84. The van der Waals surface area contributed by atoms with Gasteiger partial charge in [0.1, 0.15) is 0 Å². The molecule has 1 aliphatic rings. The minimum atomic E-state index is -0.552. The Bertz CT molecular complexity index is 248. The summed E-state index contributed by atoms with van der Waals surface area (Å²) in [6.07, 6.45) is 4.56. The van der Waals surface area contributed by atoms with Crippen molar-refractivity contribution in [1.29, 1.82) is 0 Å². The van der Waals surface area contributed by atoms with Crippen LogP contribution in [0.15, 0.2) is 0 Å². The Labute approximate surface area is 109 Å². The van der Waals surface area contributed by atoms with Crippen molar-refractivity contribution < 1.29 is 14.6 Å². The second kappa shape index (κ2) is 8.45. The third kappa shape index (κ3) is 5.80. The Morgan fingerprint density at radius 2 is 2.17 bits per heavy atom. The first-order chi connectivity index (χ1) is 8.63. The molecule has 0 radical (unpaired) electrons. The summed E-state index contributed by atoms with van der Waals surface area (Å²) in [4.78, 5) is 11.0. The van der Waals surface area contributed by atoms with E-state index in [0.717, 1.165) is 6.42 Å². The third-order valence-corrected chi connectivity index (χ3v) is 3.48. The maximum absolute atomic E-state index is 11.0. The lowest BCUT2D eigenvalue weighted by Gasteiger charge is -2.29. The van der Waals surface area contributed by atoms with Crippen molar-refractivity contribution in [2.75, 3.05) is 26.7 Å². The van der Waals surface area contributed by atoms with Crippen molar-refractivity contribution in [3.63, 3.8) is 0 Å². The van der Waals surface area contributed by atoms with Gasteiger partial charge in [0, 0.05) is 13.6 Å². The number of hydrogen-bond donors (Lipinski definition) is 3. The molecule has 1 saturated carbocycles. The van der Waals surface area contributed by atoms with E-state index in [1.54, 1.807) is 7.05 Å². The first kappa shape index (κ1) is 15.4. The molecule has 0 spiro atoms. The van der Waals surface area contributed by atoms with Gasteiger partial charge in [0.05, 0.1) is 25.4 Å². The van der Waals surface area contributed by atoms with Crippen LogP contribution in [0.1, 0.15) is 32.6 Å². The van der Waals surface area contributed by atoms with Crippen LogP contribution in [0.25, 0.3) is 0 Å². The number of rotatable bonds is 7. The number of amides is 1. The topological polar surface area (TPSA) is 70.6 Å². The van der Waals surface area contributed by atoms with Crippen LogP contribution in [0.3, 0.4) is 0 Å². The van der Waals surface area contributed by atoms with E-state index >= 15 is 0 Å². The lowest BCUT2D eigenvalue weighted by molar-refractivity contribution is -0.119. The van der Waals surface area contributed by atoms with Gasteiger partial charge in [-0.15, -0.1) is 0 Å². The Hall–Kier alpha value is -0.650. The molecule has 3 N–H and O–H groups in total. The van der Waals surface area contributed by atoms with E-state index in [0.29, 0.717) is 19.1 Å². The van der Waals surface area contributed by atoms with Crippen molar-refractivity contribution in [3.05, 3.63) is 0 Å². The van der Waals surface area contributed by atoms with Crippen molar-refractivity contribution in [1.82, 2.24) is 10.6 Å². The van der Waals surface area contributed by atoms with Gasteiger partial charge in [-0.25, -0.2) is 0 Å². The van der Waals surface area contributed by atoms with Crippen LogP contribution in [0, 0.1) is 5.92 Å². The molecule has 106 valence electrons. The molecule has 1 aliphatic carbocycles. The molecular formula is C13H26N2O3. The molecule has 18 heavy (non-hydrogen) atoms. The van der Waals surface area contributed by atoms with Crippen molar-refractivity contribution in [3.8, 4) is 0 Å². The second-order valence-corrected chi connectivity index (χ2v) is 5.09. The fraction of sp³-hybridized carbons (Fsp3) is 0.923. The van der Waals surface area contributed by atoms with Gasteiger partial charge < -0.3 is 20.5 Å². The average Bonchev–Trinajstić information content (AvgIpc) is 2.37. The van der Waals surface area contributed by atoms with Gasteiger partial charge >= 0.3 is 0 Å². The Balaban J connectivity index is 2.08. The van der Waals surface area contributed by atoms with Gasteiger partial charge in [0.25, 0.3) is 0 Å². The molecule has 0 saturated heterocycles. The van der Waals surface area contributed by atoms with Crippen LogP contribution in [-0.2, 0) is 9.53 Å². The summed E-state index contributed by atoms with van der Waals surface area (Å²) >= 11 is 0. The van der Waals surface area contributed by atoms with Crippen LogP contribution in [-0.4, -0.2) is 50.0 Å². The van der Waals surface area contributed by atoms with Gasteiger partial charge in [-0.2, -0.15) is 0 Å². The van der Waals surface area contributed by atoms with E-state index in [9.17, 15) is 9.90 Å². The van der Waals surface area contributed by atoms with Crippen LogP contribution in [0.2, 0.25) is 0 Å². The fourth-order valence-electron chi connectivity index (χ4n) is 2.26. The Morgan fingerprint density at radius 1 is 1.44 bits per heavy atom. The number of nitrogens with one attached hydrogen (secondary N) is 2. The monoisotopic (exact) mass is 258 g/mol. The molecular weight excluding hydrogens is 232 g/mol. The molecule has 1 rings (SSSR count). The van der Waals surface area contributed by atoms with Crippen molar-refractivity contribution >= 4 is 5.91 Å². The highest BCUT2D eigenvalue weighted by molar-refractivity contribution is 5.77. The summed E-state index contributed by atoms with van der Waals surface area (Å²) < 4.78 is 5.75. The number of hydrogen-bond acceptors (Lipinski definition) is 4. The minimum Gasteiger partial charge on any atom is -0.389 e. The van der Waals surface area contributed by atoms with E-state index in [4.69, 9.17) is 4.74 Å². The molecule has 1 amide bonds. The molecule has 0 aliphatic heterocycles. The van der Waals surface area contributed by atoms with Crippen LogP contribution in [0.5, 0.6) is 0 Å². The Kier molecular flexibility index (Phi) is 7.23. The zero-order valence-corrected chi connectivity index (χ0v) is 11.4. The van der Waals surface area contributed by atoms with E-state index in [1.807, 2.05) is 0 Å². The summed E-state index contributed by atoms with van der Waals surface area (Å²) in [7, 11) is 1.59. The molecule has 5 nitrogen and oxygen atoms in total. The van der Waals surface area contributed by atoms with Gasteiger partial charge in [-0.05, 0) is 18.8 Å². The van der Waals surface area contributed by atoms with E-state index in [-0.39, 0.29) is 18.6 Å². The van der Waals surface area contributed by atoms with Crippen LogP contribution < -0.4 is 10.6 Å². The zero-order valence-electron chi connectivity index (χ0n) is 11.4. The fourth-order valence-corrected chi connectivity index (χ4v) is 2.26. The smallest absolute Gasteiger partial charge is 0.233 e. The molecule has 3 atom stereocenters. The van der Waals surface area contributed by atoms with Gasteiger partial charge in [0.2, 0.25) is 5.91 Å². The van der Waals surface area contributed by atoms with E-state index in [2.05, 4.69) is 17.6 Å². The predicted molar refractivity (Wildman–Crippen MR) is 70.3 cm³/mol. The normalized spacial score (nSPS) is 25.7. The van der Waals surface area contributed by atoms with E-state index < -0.39 is 6.10 Å². The summed E-state index contributed by atoms with van der Waals surface area (Å²) in [6, 6.07) is 0. The zero-order chi connectivity index (χ0) is 13.4. The maximum atomic E-state index is 11.0. The maximum Gasteiger partial charge on any atom is 0.233 e. The number of aliphatic hydroxyl groups excluding tert-OH is 1. The quantitative estimate of drug-likeness (QED) is 0.613. The SMILES string of the molecule is CNC(=O)CNCC(O)COC1CCCCC1C. The minimum absolute atomic E-state index is 0.0796. The molecule has 0 aromatic rings. The highest BCUT2D eigenvalue weighted by Crippen LogP contribution is 2.26. The molecule has 5 heteroatoms. The van der Waals surface area contributed by atoms with Crippen LogP contribution >= 0.6 is 0 Å².